The fourth-order valence-corrected chi connectivity index (χ4v) is 4.76. The van der Waals surface area contributed by atoms with Crippen LogP contribution >= 0.6 is 0 Å². The molecule has 3 heterocycles. The highest BCUT2D eigenvalue weighted by atomic mass is 16.6. The zero-order valence-electron chi connectivity index (χ0n) is 14.4. The minimum absolute atomic E-state index is 0.133. The summed E-state index contributed by atoms with van der Waals surface area (Å²) >= 11 is 0. The predicted molar refractivity (Wildman–Crippen MR) is 88.5 cm³/mol. The maximum Gasteiger partial charge on any atom is 0.409 e. The standard InChI is InChI=1S/C17H27N5O2/c1-2-24-16(23)21-8-5-17(11-21)9-15(10-17)20-6-3-14(4-7-20)22-13-18-12-19-22/h12-15H,2-11H2,1H3. The smallest absolute Gasteiger partial charge is 0.409 e. The van der Waals surface area contributed by atoms with Gasteiger partial charge in [-0.3, -0.25) is 0 Å². The second-order valence-electron chi connectivity index (χ2n) is 7.58. The molecule has 7 nitrogen and oxygen atoms in total. The van der Waals surface area contributed by atoms with Crippen LogP contribution in [-0.2, 0) is 4.74 Å². The Kier molecular flexibility index (Phi) is 4.20. The molecule has 0 bridgehead atoms. The van der Waals surface area contributed by atoms with Gasteiger partial charge in [-0.25, -0.2) is 14.5 Å². The predicted octanol–water partition coefficient (Wildman–Crippen LogP) is 1.93. The molecule has 1 aromatic heterocycles. The van der Waals surface area contributed by atoms with E-state index in [9.17, 15) is 4.79 Å². The van der Waals surface area contributed by atoms with Gasteiger partial charge in [-0.1, -0.05) is 0 Å². The second kappa shape index (κ2) is 6.35. The van der Waals surface area contributed by atoms with E-state index in [-0.39, 0.29) is 6.09 Å². The maximum atomic E-state index is 11.9. The molecule has 7 heteroatoms. The Morgan fingerprint density at radius 1 is 1.25 bits per heavy atom. The quantitative estimate of drug-likeness (QED) is 0.846. The molecular weight excluding hydrogens is 306 g/mol. The Morgan fingerprint density at radius 2 is 2.04 bits per heavy atom. The molecule has 1 saturated carbocycles. The molecular formula is C17H27N5O2. The molecule has 2 saturated heterocycles. The molecule has 1 spiro atoms. The average molecular weight is 333 g/mol. The minimum atomic E-state index is -0.133. The van der Waals surface area contributed by atoms with Gasteiger partial charge in [-0.2, -0.15) is 5.10 Å². The SMILES string of the molecule is CCOC(=O)N1CCC2(CC(N3CCC(n4cncn4)CC3)C2)C1. The highest BCUT2D eigenvalue weighted by molar-refractivity contribution is 5.68. The summed E-state index contributed by atoms with van der Waals surface area (Å²) in [6.45, 7) is 6.37. The number of carbonyl (C=O) groups is 1. The summed E-state index contributed by atoms with van der Waals surface area (Å²) in [6.07, 6.45) is 9.24. The summed E-state index contributed by atoms with van der Waals surface area (Å²) in [5, 5.41) is 4.28. The number of hydrogen-bond acceptors (Lipinski definition) is 5. The van der Waals surface area contributed by atoms with E-state index in [1.165, 1.54) is 12.8 Å². The van der Waals surface area contributed by atoms with Crippen molar-refractivity contribution in [2.75, 3.05) is 32.8 Å². The molecule has 1 amide bonds. The van der Waals surface area contributed by atoms with Gasteiger partial charge in [0.25, 0.3) is 0 Å². The van der Waals surface area contributed by atoms with Gasteiger partial charge in [0.2, 0.25) is 0 Å². The normalized spacial score (nSPS) is 31.4. The summed E-state index contributed by atoms with van der Waals surface area (Å²) in [5.74, 6) is 0. The van der Waals surface area contributed by atoms with Gasteiger partial charge in [-0.15, -0.1) is 0 Å². The molecule has 0 aromatic carbocycles. The highest BCUT2D eigenvalue weighted by Gasteiger charge is 2.51. The zero-order chi connectivity index (χ0) is 16.6. The van der Waals surface area contributed by atoms with Crippen molar-refractivity contribution in [1.29, 1.82) is 0 Å². The van der Waals surface area contributed by atoms with Gasteiger partial charge in [-0.05, 0) is 44.4 Å². The number of amides is 1. The Hall–Kier alpha value is -1.63. The van der Waals surface area contributed by atoms with Gasteiger partial charge in [0.15, 0.2) is 0 Å². The van der Waals surface area contributed by atoms with Crippen LogP contribution in [0.5, 0.6) is 0 Å². The van der Waals surface area contributed by atoms with Gasteiger partial charge in [0, 0.05) is 32.2 Å². The van der Waals surface area contributed by atoms with Crippen LogP contribution in [-0.4, -0.2) is 69.5 Å². The van der Waals surface area contributed by atoms with Gasteiger partial charge < -0.3 is 14.5 Å². The Labute approximate surface area is 143 Å². The number of rotatable bonds is 3. The lowest BCUT2D eigenvalue weighted by Crippen LogP contribution is -2.54. The molecule has 132 valence electrons. The Bertz CT molecular complexity index is 562. The van der Waals surface area contributed by atoms with Gasteiger partial charge in [0.1, 0.15) is 12.7 Å². The van der Waals surface area contributed by atoms with Crippen molar-refractivity contribution in [3.63, 3.8) is 0 Å². The van der Waals surface area contributed by atoms with Crippen LogP contribution in [0.25, 0.3) is 0 Å². The number of nitrogens with zero attached hydrogens (tertiary/aromatic N) is 5. The largest absolute Gasteiger partial charge is 0.450 e. The molecule has 1 aromatic rings. The van der Waals surface area contributed by atoms with Crippen LogP contribution in [0, 0.1) is 5.41 Å². The zero-order valence-corrected chi connectivity index (χ0v) is 14.4. The summed E-state index contributed by atoms with van der Waals surface area (Å²) in [5.41, 5.74) is 0.361. The molecule has 0 atom stereocenters. The number of aromatic nitrogens is 3. The van der Waals surface area contributed by atoms with Crippen molar-refractivity contribution in [3.8, 4) is 0 Å². The monoisotopic (exact) mass is 333 g/mol. The van der Waals surface area contributed by atoms with E-state index in [0.717, 1.165) is 45.4 Å². The number of piperidine rings is 1. The fourth-order valence-electron chi connectivity index (χ4n) is 4.76. The van der Waals surface area contributed by atoms with Crippen LogP contribution < -0.4 is 0 Å². The minimum Gasteiger partial charge on any atom is -0.450 e. The molecule has 0 radical (unpaired) electrons. The van der Waals surface area contributed by atoms with Gasteiger partial charge in [0.05, 0.1) is 12.6 Å². The topological polar surface area (TPSA) is 63.5 Å². The number of carbonyl (C=O) groups excluding carboxylic acids is 1. The van der Waals surface area contributed by atoms with Crippen molar-refractivity contribution in [1.82, 2.24) is 24.6 Å². The van der Waals surface area contributed by atoms with E-state index in [1.54, 1.807) is 6.33 Å². The van der Waals surface area contributed by atoms with Gasteiger partial charge >= 0.3 is 6.09 Å². The lowest BCUT2D eigenvalue weighted by molar-refractivity contribution is -0.00900. The summed E-state index contributed by atoms with van der Waals surface area (Å²) in [6, 6.07) is 1.20. The van der Waals surface area contributed by atoms with Crippen LogP contribution in [0.2, 0.25) is 0 Å². The first kappa shape index (κ1) is 15.9. The third kappa shape index (κ3) is 2.90. The number of likely N-dealkylation sites (tertiary alicyclic amines) is 2. The third-order valence-corrected chi connectivity index (χ3v) is 6.13. The lowest BCUT2D eigenvalue weighted by atomic mass is 9.64. The number of ether oxygens (including phenoxy) is 1. The van der Waals surface area contributed by atoms with Crippen LogP contribution in [0.15, 0.2) is 12.7 Å². The third-order valence-electron chi connectivity index (χ3n) is 6.13. The van der Waals surface area contributed by atoms with Crippen LogP contribution in [0.1, 0.15) is 45.1 Å². The molecule has 3 fully saturated rings. The molecule has 2 aliphatic heterocycles. The summed E-state index contributed by atoms with van der Waals surface area (Å²) in [4.78, 5) is 20.5. The maximum absolute atomic E-state index is 11.9. The van der Waals surface area contributed by atoms with E-state index in [0.29, 0.717) is 24.1 Å². The van der Waals surface area contributed by atoms with Crippen molar-refractivity contribution in [2.24, 2.45) is 5.41 Å². The first-order valence-electron chi connectivity index (χ1n) is 9.19. The molecule has 0 unspecified atom stereocenters. The van der Waals surface area contributed by atoms with Crippen LogP contribution in [0.4, 0.5) is 4.79 Å². The van der Waals surface area contributed by atoms with E-state index >= 15 is 0 Å². The summed E-state index contributed by atoms with van der Waals surface area (Å²) in [7, 11) is 0. The molecule has 1 aliphatic carbocycles. The molecule has 3 aliphatic rings. The first-order valence-corrected chi connectivity index (χ1v) is 9.19. The van der Waals surface area contributed by atoms with Crippen molar-refractivity contribution in [3.05, 3.63) is 12.7 Å². The highest BCUT2D eigenvalue weighted by Crippen LogP contribution is 2.50. The summed E-state index contributed by atoms with van der Waals surface area (Å²) < 4.78 is 7.15. The van der Waals surface area contributed by atoms with E-state index in [2.05, 4.69) is 15.0 Å². The Balaban J connectivity index is 1.24. The molecule has 4 rings (SSSR count). The molecule has 24 heavy (non-hydrogen) atoms. The van der Waals surface area contributed by atoms with Crippen LogP contribution in [0.3, 0.4) is 0 Å². The Morgan fingerprint density at radius 3 is 2.71 bits per heavy atom. The van der Waals surface area contributed by atoms with Crippen molar-refractivity contribution >= 4 is 6.09 Å². The van der Waals surface area contributed by atoms with E-state index in [4.69, 9.17) is 4.74 Å². The average Bonchev–Trinajstić information content (AvgIpc) is 3.24. The molecule has 0 N–H and O–H groups in total. The number of hydrogen-bond donors (Lipinski definition) is 0. The van der Waals surface area contributed by atoms with Crippen molar-refractivity contribution < 1.29 is 9.53 Å². The van der Waals surface area contributed by atoms with E-state index in [1.807, 2.05) is 22.8 Å². The van der Waals surface area contributed by atoms with Crippen molar-refractivity contribution in [2.45, 2.75) is 51.1 Å². The second-order valence-corrected chi connectivity index (χ2v) is 7.58. The van der Waals surface area contributed by atoms with E-state index < -0.39 is 0 Å². The lowest BCUT2D eigenvalue weighted by Gasteiger charge is -2.51. The first-order chi connectivity index (χ1) is 11.7. The fraction of sp³-hybridized carbons (Fsp3) is 0.824.